The first kappa shape index (κ1) is 49.0. The Morgan fingerprint density at radius 2 is 0.860 bits per heavy atom. The Labute approximate surface area is 310 Å². The van der Waals surface area contributed by atoms with Crippen molar-refractivity contribution in [3.8, 4) is 0 Å². The van der Waals surface area contributed by atoms with E-state index >= 15 is 0 Å². The second-order valence-corrected chi connectivity index (χ2v) is 16.6. The number of allylic oxidation sites excluding steroid dienone is 1. The van der Waals surface area contributed by atoms with Gasteiger partial charge in [-0.2, -0.15) is 8.42 Å². The molecule has 0 spiro atoms. The average molecular weight is 730 g/mol. The molecule has 298 valence electrons. The normalized spacial score (nSPS) is 13.9. The van der Waals surface area contributed by atoms with E-state index in [-0.39, 0.29) is 6.42 Å². The number of rotatable bonds is 39. The summed E-state index contributed by atoms with van der Waals surface area (Å²) in [6.07, 6.45) is 41.3. The Kier molecular flexibility index (Phi) is 35.7. The standard InChI is InChI=1S/C42H83NO6S/c1-3-5-7-9-11-13-15-17-18-19-20-21-22-23-24-25-27-28-30-32-34-36-40(44)39(38-50(47,48)49)43-42(46)41(45)37-35-33-31-29-26-16-14-12-10-8-6-4-2/h34,36,39-41,44-45H,3-33,35,37-38H2,1-2H3,(H,43,46)(H,47,48,49)/b36-34+. The molecule has 0 aromatic rings. The Bertz CT molecular complexity index is 864. The molecule has 3 unspecified atom stereocenters. The molecule has 3 atom stereocenters. The van der Waals surface area contributed by atoms with Crippen molar-refractivity contribution in [3.05, 3.63) is 12.2 Å². The van der Waals surface area contributed by atoms with Gasteiger partial charge in [-0.1, -0.05) is 219 Å². The smallest absolute Gasteiger partial charge is 0.267 e. The number of hydrogen-bond donors (Lipinski definition) is 4. The van der Waals surface area contributed by atoms with E-state index < -0.39 is 40.0 Å². The highest BCUT2D eigenvalue weighted by molar-refractivity contribution is 7.85. The summed E-state index contributed by atoms with van der Waals surface area (Å²) in [4.78, 5) is 12.6. The number of aliphatic hydroxyl groups is 2. The molecule has 0 saturated heterocycles. The van der Waals surface area contributed by atoms with E-state index in [1.807, 2.05) is 6.08 Å². The molecule has 1 amide bonds. The SMILES string of the molecule is CCCCCCCCCCCCCCCCCCCCC/C=C/C(O)C(CS(=O)(=O)O)NC(=O)C(O)CCCCCCCCCCCCCC. The summed E-state index contributed by atoms with van der Waals surface area (Å²) in [5, 5.41) is 23.4. The summed E-state index contributed by atoms with van der Waals surface area (Å²) in [6, 6.07) is -1.23. The monoisotopic (exact) mass is 730 g/mol. The van der Waals surface area contributed by atoms with Gasteiger partial charge in [0.1, 0.15) is 6.10 Å². The van der Waals surface area contributed by atoms with Gasteiger partial charge in [0.05, 0.1) is 17.9 Å². The van der Waals surface area contributed by atoms with Crippen LogP contribution in [-0.2, 0) is 14.9 Å². The van der Waals surface area contributed by atoms with Crippen LogP contribution in [0.25, 0.3) is 0 Å². The maximum absolute atomic E-state index is 12.6. The fourth-order valence-corrected chi connectivity index (χ4v) is 7.49. The molecule has 0 aliphatic carbocycles. The predicted octanol–water partition coefficient (Wildman–Crippen LogP) is 11.6. The van der Waals surface area contributed by atoms with Crippen molar-refractivity contribution in [2.24, 2.45) is 0 Å². The van der Waals surface area contributed by atoms with Crippen LogP contribution in [0.3, 0.4) is 0 Å². The lowest BCUT2D eigenvalue weighted by Crippen LogP contribution is -2.50. The molecule has 50 heavy (non-hydrogen) atoms. The first-order chi connectivity index (χ1) is 24.2. The quantitative estimate of drug-likeness (QED) is 0.0284. The number of carbonyl (C=O) groups excluding carboxylic acids is 1. The molecule has 0 bridgehead atoms. The molecular weight excluding hydrogens is 647 g/mol. The van der Waals surface area contributed by atoms with E-state index in [0.717, 1.165) is 38.5 Å². The van der Waals surface area contributed by atoms with Crippen molar-refractivity contribution in [1.82, 2.24) is 5.32 Å². The highest BCUT2D eigenvalue weighted by atomic mass is 32.2. The second-order valence-electron chi connectivity index (χ2n) is 15.1. The van der Waals surface area contributed by atoms with Gasteiger partial charge in [-0.05, 0) is 19.3 Å². The Hall–Kier alpha value is -0.960. The lowest BCUT2D eigenvalue weighted by atomic mass is 10.0. The van der Waals surface area contributed by atoms with Crippen molar-refractivity contribution < 1.29 is 28.0 Å². The summed E-state index contributed by atoms with van der Waals surface area (Å²) < 4.78 is 32.5. The second kappa shape index (κ2) is 36.4. The number of aliphatic hydroxyl groups excluding tert-OH is 2. The molecule has 4 N–H and O–H groups in total. The third-order valence-corrected chi connectivity index (χ3v) is 10.9. The minimum absolute atomic E-state index is 0.285. The highest BCUT2D eigenvalue weighted by Gasteiger charge is 2.27. The molecule has 0 saturated carbocycles. The number of amides is 1. The van der Waals surface area contributed by atoms with Crippen molar-refractivity contribution >= 4 is 16.0 Å². The highest BCUT2D eigenvalue weighted by Crippen LogP contribution is 2.16. The molecule has 0 heterocycles. The summed E-state index contributed by atoms with van der Waals surface area (Å²) in [5.41, 5.74) is 0. The number of nitrogens with one attached hydrogen (secondary N) is 1. The van der Waals surface area contributed by atoms with Gasteiger partial charge in [0.25, 0.3) is 10.1 Å². The van der Waals surface area contributed by atoms with Gasteiger partial charge in [0, 0.05) is 0 Å². The summed E-state index contributed by atoms with van der Waals surface area (Å²) in [6.45, 7) is 4.51. The van der Waals surface area contributed by atoms with Crippen LogP contribution in [-0.4, -0.2) is 53.1 Å². The molecule has 0 aromatic carbocycles. The minimum atomic E-state index is -4.44. The van der Waals surface area contributed by atoms with Crippen molar-refractivity contribution in [1.29, 1.82) is 0 Å². The van der Waals surface area contributed by atoms with Crippen LogP contribution in [0.2, 0.25) is 0 Å². The van der Waals surface area contributed by atoms with Gasteiger partial charge in [-0.25, -0.2) is 0 Å². The zero-order valence-corrected chi connectivity index (χ0v) is 33.7. The molecule has 7 nitrogen and oxygen atoms in total. The number of unbranched alkanes of at least 4 members (excludes halogenated alkanes) is 30. The van der Waals surface area contributed by atoms with Crippen LogP contribution in [0.1, 0.15) is 226 Å². The lowest BCUT2D eigenvalue weighted by Gasteiger charge is -2.22. The van der Waals surface area contributed by atoms with Crippen LogP contribution in [0, 0.1) is 0 Å². The number of hydrogen-bond acceptors (Lipinski definition) is 5. The van der Waals surface area contributed by atoms with Gasteiger partial charge in [-0.15, -0.1) is 0 Å². The summed E-state index contributed by atoms with van der Waals surface area (Å²) >= 11 is 0. The van der Waals surface area contributed by atoms with Gasteiger partial charge >= 0.3 is 0 Å². The van der Waals surface area contributed by atoms with Crippen molar-refractivity contribution in [2.75, 3.05) is 5.75 Å². The van der Waals surface area contributed by atoms with E-state index in [2.05, 4.69) is 19.2 Å². The van der Waals surface area contributed by atoms with Crippen LogP contribution < -0.4 is 5.32 Å². The maximum Gasteiger partial charge on any atom is 0.267 e. The fraction of sp³-hybridized carbons (Fsp3) is 0.929. The first-order valence-corrected chi connectivity index (χ1v) is 23.1. The van der Waals surface area contributed by atoms with Gasteiger partial charge in [-0.3, -0.25) is 9.35 Å². The topological polar surface area (TPSA) is 124 Å². The van der Waals surface area contributed by atoms with Crippen LogP contribution in [0.4, 0.5) is 0 Å². The minimum Gasteiger partial charge on any atom is -0.387 e. The third-order valence-electron chi connectivity index (χ3n) is 10.1. The van der Waals surface area contributed by atoms with Crippen LogP contribution in [0.5, 0.6) is 0 Å². The molecule has 0 aliphatic rings. The maximum atomic E-state index is 12.6. The Morgan fingerprint density at radius 1 is 0.540 bits per heavy atom. The molecule has 0 rings (SSSR count). The predicted molar refractivity (Wildman–Crippen MR) is 213 cm³/mol. The van der Waals surface area contributed by atoms with E-state index in [1.165, 1.54) is 167 Å². The van der Waals surface area contributed by atoms with Gasteiger partial charge in [0.15, 0.2) is 0 Å². The third kappa shape index (κ3) is 35.4. The first-order valence-electron chi connectivity index (χ1n) is 21.5. The van der Waals surface area contributed by atoms with Crippen LogP contribution >= 0.6 is 0 Å². The van der Waals surface area contributed by atoms with E-state index in [9.17, 15) is 28.0 Å². The van der Waals surface area contributed by atoms with Crippen molar-refractivity contribution in [3.63, 3.8) is 0 Å². The van der Waals surface area contributed by atoms with Gasteiger partial charge < -0.3 is 15.5 Å². The lowest BCUT2D eigenvalue weighted by molar-refractivity contribution is -0.130. The molecular formula is C42H83NO6S. The Balaban J connectivity index is 3.95. The van der Waals surface area contributed by atoms with Gasteiger partial charge in [0.2, 0.25) is 5.91 Å². The molecule has 0 aromatic heterocycles. The zero-order chi connectivity index (χ0) is 37.0. The molecule has 8 heteroatoms. The zero-order valence-electron chi connectivity index (χ0n) is 32.9. The molecule has 0 fully saturated rings. The van der Waals surface area contributed by atoms with Crippen molar-refractivity contribution in [2.45, 2.75) is 244 Å². The average Bonchev–Trinajstić information content (AvgIpc) is 3.08. The van der Waals surface area contributed by atoms with Crippen LogP contribution in [0.15, 0.2) is 12.2 Å². The summed E-state index contributed by atoms with van der Waals surface area (Å²) in [7, 11) is -4.44. The fourth-order valence-electron chi connectivity index (χ4n) is 6.75. The largest absolute Gasteiger partial charge is 0.387 e. The van der Waals surface area contributed by atoms with E-state index in [0.29, 0.717) is 6.42 Å². The molecule has 0 aliphatic heterocycles. The Morgan fingerprint density at radius 3 is 1.20 bits per heavy atom. The van der Waals surface area contributed by atoms with E-state index in [1.54, 1.807) is 0 Å². The van der Waals surface area contributed by atoms with E-state index in [4.69, 9.17) is 0 Å². The molecule has 0 radical (unpaired) electrons. The number of carbonyl (C=O) groups is 1. The summed E-state index contributed by atoms with van der Waals surface area (Å²) in [5.74, 6) is -1.53.